The Bertz CT molecular complexity index is 354. The van der Waals surface area contributed by atoms with Crippen molar-refractivity contribution in [3.63, 3.8) is 0 Å². The molecular weight excluding hydrogens is 238 g/mol. The predicted molar refractivity (Wildman–Crippen MR) is 69.5 cm³/mol. The van der Waals surface area contributed by atoms with Gasteiger partial charge < -0.3 is 15.7 Å². The minimum Gasteiger partial charge on any atom is -0.396 e. The molecule has 1 heterocycles. The Hall–Kier alpha value is -1.14. The van der Waals surface area contributed by atoms with E-state index < -0.39 is 0 Å². The first-order valence-corrected chi connectivity index (χ1v) is 6.61. The number of nitrogens with one attached hydrogen (secondary N) is 2. The zero-order chi connectivity index (χ0) is 12.7. The van der Waals surface area contributed by atoms with Gasteiger partial charge in [0.1, 0.15) is 5.69 Å². The maximum absolute atomic E-state index is 11.7. The van der Waals surface area contributed by atoms with Crippen molar-refractivity contribution in [2.24, 2.45) is 5.92 Å². The second-order valence-electron chi connectivity index (χ2n) is 3.78. The summed E-state index contributed by atoms with van der Waals surface area (Å²) in [6, 6.07) is 0. The third kappa shape index (κ3) is 4.32. The predicted octanol–water partition coefficient (Wildman–Crippen LogP) is 1.32. The summed E-state index contributed by atoms with van der Waals surface area (Å²) in [4.78, 5) is 15.9. The average Bonchev–Trinajstić information content (AvgIpc) is 2.82. The van der Waals surface area contributed by atoms with Gasteiger partial charge in [0.25, 0.3) is 5.91 Å². The lowest BCUT2D eigenvalue weighted by atomic mass is 10.0. The van der Waals surface area contributed by atoms with Gasteiger partial charge in [-0.05, 0) is 12.3 Å². The van der Waals surface area contributed by atoms with E-state index in [4.69, 9.17) is 5.11 Å². The molecule has 3 N–H and O–H groups in total. The van der Waals surface area contributed by atoms with E-state index in [9.17, 15) is 4.79 Å². The van der Waals surface area contributed by atoms with E-state index in [-0.39, 0.29) is 12.5 Å². The lowest BCUT2D eigenvalue weighted by molar-refractivity contribution is 0.0939. The molecule has 5 nitrogen and oxygen atoms in total. The highest BCUT2D eigenvalue weighted by Gasteiger charge is 2.12. The Labute approximate surface area is 105 Å². The molecule has 0 bridgehead atoms. The van der Waals surface area contributed by atoms with Crippen molar-refractivity contribution in [1.82, 2.24) is 10.3 Å². The number of hydrogen-bond donors (Lipinski definition) is 3. The zero-order valence-corrected chi connectivity index (χ0v) is 11.0. The van der Waals surface area contributed by atoms with Crippen LogP contribution in [0.15, 0.2) is 5.38 Å². The SMILES string of the molecule is CCC(CCO)CNC(=O)c1csc(NC)n1. The highest BCUT2D eigenvalue weighted by Crippen LogP contribution is 2.14. The van der Waals surface area contributed by atoms with E-state index >= 15 is 0 Å². The first-order valence-electron chi connectivity index (χ1n) is 5.73. The smallest absolute Gasteiger partial charge is 0.270 e. The van der Waals surface area contributed by atoms with Crippen LogP contribution in [0.2, 0.25) is 0 Å². The van der Waals surface area contributed by atoms with Crippen LogP contribution in [-0.4, -0.2) is 36.2 Å². The molecule has 0 fully saturated rings. The number of aliphatic hydroxyl groups is 1. The molecule has 1 rings (SSSR count). The third-order valence-electron chi connectivity index (χ3n) is 2.62. The topological polar surface area (TPSA) is 74.2 Å². The van der Waals surface area contributed by atoms with Gasteiger partial charge in [0, 0.05) is 25.6 Å². The molecule has 96 valence electrons. The van der Waals surface area contributed by atoms with Crippen LogP contribution in [-0.2, 0) is 0 Å². The number of anilines is 1. The first-order chi connectivity index (χ1) is 8.21. The molecule has 0 spiro atoms. The molecule has 1 aromatic rings. The summed E-state index contributed by atoms with van der Waals surface area (Å²) in [6.07, 6.45) is 1.66. The van der Waals surface area contributed by atoms with E-state index in [1.807, 2.05) is 0 Å². The summed E-state index contributed by atoms with van der Waals surface area (Å²) >= 11 is 1.41. The lowest BCUT2D eigenvalue weighted by Gasteiger charge is -2.13. The average molecular weight is 257 g/mol. The summed E-state index contributed by atoms with van der Waals surface area (Å²) in [5.41, 5.74) is 0.443. The maximum Gasteiger partial charge on any atom is 0.270 e. The highest BCUT2D eigenvalue weighted by atomic mass is 32.1. The van der Waals surface area contributed by atoms with E-state index in [1.165, 1.54) is 11.3 Å². The van der Waals surface area contributed by atoms with Gasteiger partial charge in [-0.15, -0.1) is 11.3 Å². The van der Waals surface area contributed by atoms with Crippen LogP contribution in [0.25, 0.3) is 0 Å². The van der Waals surface area contributed by atoms with Crippen molar-refractivity contribution in [3.05, 3.63) is 11.1 Å². The Kier molecular flexibility index (Phi) is 5.93. The molecule has 0 aliphatic rings. The molecule has 0 saturated carbocycles. The summed E-state index contributed by atoms with van der Waals surface area (Å²) in [5, 5.41) is 17.0. The molecule has 0 saturated heterocycles. The van der Waals surface area contributed by atoms with Crippen LogP contribution in [0.1, 0.15) is 30.3 Å². The van der Waals surface area contributed by atoms with Crippen LogP contribution >= 0.6 is 11.3 Å². The summed E-state index contributed by atoms with van der Waals surface area (Å²) < 4.78 is 0. The van der Waals surface area contributed by atoms with Crippen molar-refractivity contribution < 1.29 is 9.90 Å². The van der Waals surface area contributed by atoms with Gasteiger partial charge in [-0.3, -0.25) is 4.79 Å². The van der Waals surface area contributed by atoms with Crippen LogP contribution < -0.4 is 10.6 Å². The second-order valence-corrected chi connectivity index (χ2v) is 4.64. The quantitative estimate of drug-likeness (QED) is 0.689. The standard InChI is InChI=1S/C11H19N3O2S/c1-3-8(4-5-15)6-13-10(16)9-7-17-11(12-2)14-9/h7-8,15H,3-6H2,1-2H3,(H,12,14)(H,13,16). The van der Waals surface area contributed by atoms with Gasteiger partial charge in [-0.25, -0.2) is 4.98 Å². The monoisotopic (exact) mass is 257 g/mol. The van der Waals surface area contributed by atoms with Gasteiger partial charge in [0.2, 0.25) is 0 Å². The Morgan fingerprint density at radius 1 is 1.65 bits per heavy atom. The molecule has 1 atom stereocenters. The highest BCUT2D eigenvalue weighted by molar-refractivity contribution is 7.13. The number of carbonyl (C=O) groups excluding carboxylic acids is 1. The van der Waals surface area contributed by atoms with Gasteiger partial charge >= 0.3 is 0 Å². The number of thiazole rings is 1. The Morgan fingerprint density at radius 2 is 2.41 bits per heavy atom. The zero-order valence-electron chi connectivity index (χ0n) is 10.2. The largest absolute Gasteiger partial charge is 0.396 e. The van der Waals surface area contributed by atoms with Gasteiger partial charge in [-0.1, -0.05) is 13.3 Å². The van der Waals surface area contributed by atoms with Crippen molar-refractivity contribution in [3.8, 4) is 0 Å². The number of amides is 1. The first kappa shape index (κ1) is 13.9. The van der Waals surface area contributed by atoms with Crippen molar-refractivity contribution in [2.45, 2.75) is 19.8 Å². The number of hydrogen-bond acceptors (Lipinski definition) is 5. The molecule has 17 heavy (non-hydrogen) atoms. The van der Waals surface area contributed by atoms with E-state index in [0.717, 1.165) is 18.0 Å². The van der Waals surface area contributed by atoms with Gasteiger partial charge in [0.15, 0.2) is 5.13 Å². The molecule has 0 radical (unpaired) electrons. The summed E-state index contributed by atoms with van der Waals surface area (Å²) in [5.74, 6) is 0.172. The number of rotatable bonds is 7. The summed E-state index contributed by atoms with van der Waals surface area (Å²) in [7, 11) is 1.77. The lowest BCUT2D eigenvalue weighted by Crippen LogP contribution is -2.29. The van der Waals surface area contributed by atoms with Crippen LogP contribution in [0, 0.1) is 5.92 Å². The molecule has 0 aliphatic carbocycles. The Morgan fingerprint density at radius 3 is 2.94 bits per heavy atom. The van der Waals surface area contributed by atoms with Gasteiger partial charge in [0.05, 0.1) is 0 Å². The van der Waals surface area contributed by atoms with E-state index in [1.54, 1.807) is 12.4 Å². The van der Waals surface area contributed by atoms with Crippen molar-refractivity contribution in [1.29, 1.82) is 0 Å². The van der Waals surface area contributed by atoms with E-state index in [0.29, 0.717) is 18.2 Å². The normalized spacial score (nSPS) is 12.2. The number of aromatic nitrogens is 1. The minimum atomic E-state index is -0.154. The molecule has 0 aliphatic heterocycles. The van der Waals surface area contributed by atoms with Crippen LogP contribution in [0.3, 0.4) is 0 Å². The molecule has 6 heteroatoms. The van der Waals surface area contributed by atoms with Crippen LogP contribution in [0.4, 0.5) is 5.13 Å². The number of aliphatic hydroxyl groups excluding tert-OH is 1. The fourth-order valence-electron chi connectivity index (χ4n) is 1.45. The third-order valence-corrected chi connectivity index (χ3v) is 3.48. The number of carbonyl (C=O) groups is 1. The second kappa shape index (κ2) is 7.24. The van der Waals surface area contributed by atoms with Crippen LogP contribution in [0.5, 0.6) is 0 Å². The molecule has 1 amide bonds. The molecule has 1 aromatic heterocycles. The number of nitrogens with zero attached hydrogens (tertiary/aromatic N) is 1. The van der Waals surface area contributed by atoms with Crippen molar-refractivity contribution in [2.75, 3.05) is 25.5 Å². The fourth-order valence-corrected chi connectivity index (χ4v) is 2.11. The van der Waals surface area contributed by atoms with E-state index in [2.05, 4.69) is 22.5 Å². The summed E-state index contributed by atoms with van der Waals surface area (Å²) in [6.45, 7) is 2.80. The Balaban J connectivity index is 2.43. The van der Waals surface area contributed by atoms with Crippen molar-refractivity contribution >= 4 is 22.4 Å². The fraction of sp³-hybridized carbons (Fsp3) is 0.636. The minimum absolute atomic E-state index is 0.154. The molecule has 0 aromatic carbocycles. The molecule has 1 unspecified atom stereocenters. The molecular formula is C11H19N3O2S. The van der Waals surface area contributed by atoms with Gasteiger partial charge in [-0.2, -0.15) is 0 Å². The maximum atomic E-state index is 11.7.